The number of alkyl carbamates (subject to hydrolysis) is 1. The van der Waals surface area contributed by atoms with E-state index in [1.807, 2.05) is 52.8 Å². The summed E-state index contributed by atoms with van der Waals surface area (Å²) in [5.41, 5.74) is 1.41. The summed E-state index contributed by atoms with van der Waals surface area (Å²) in [6, 6.07) is 3.49. The first-order chi connectivity index (χ1) is 15.6. The highest BCUT2D eigenvalue weighted by Gasteiger charge is 2.42. The van der Waals surface area contributed by atoms with Gasteiger partial charge in [0, 0.05) is 11.6 Å². The molecule has 2 atom stereocenters. The third-order valence-electron chi connectivity index (χ3n) is 5.64. The van der Waals surface area contributed by atoms with Gasteiger partial charge in [0.25, 0.3) is 0 Å². The maximum atomic E-state index is 13.8. The van der Waals surface area contributed by atoms with E-state index in [9.17, 15) is 19.5 Å². The minimum Gasteiger partial charge on any atom is -0.444 e. The van der Waals surface area contributed by atoms with Gasteiger partial charge in [0.1, 0.15) is 17.7 Å². The van der Waals surface area contributed by atoms with E-state index in [1.54, 1.807) is 25.7 Å². The molecule has 0 bridgehead atoms. The summed E-state index contributed by atoms with van der Waals surface area (Å²) in [4.78, 5) is 41.3. The lowest BCUT2D eigenvalue weighted by Gasteiger charge is -2.44. The maximum absolute atomic E-state index is 13.8. The molecule has 2 unspecified atom stereocenters. The number of nitrogens with zero attached hydrogens (tertiary/aromatic N) is 1. The molecular formula is C26H41N3O5. The highest BCUT2D eigenvalue weighted by molar-refractivity contribution is 5.93. The van der Waals surface area contributed by atoms with Crippen molar-refractivity contribution in [2.45, 2.75) is 104 Å². The van der Waals surface area contributed by atoms with Gasteiger partial charge in [-0.3, -0.25) is 9.59 Å². The van der Waals surface area contributed by atoms with Crippen molar-refractivity contribution in [2.75, 3.05) is 6.61 Å². The SMILES string of the molecule is Cc1ccc(C(C(=O)NC(C)(C)C)N(C(=O)C(CO)NC(=O)OC(C)(C)C)C2CCC2)c(C)c1. The lowest BCUT2D eigenvalue weighted by Crippen LogP contribution is -2.59. The topological polar surface area (TPSA) is 108 Å². The number of aliphatic hydroxyl groups excluding tert-OH is 1. The van der Waals surface area contributed by atoms with E-state index < -0.39 is 41.8 Å². The molecule has 0 radical (unpaired) electrons. The lowest BCUT2D eigenvalue weighted by atomic mass is 9.87. The van der Waals surface area contributed by atoms with Crippen molar-refractivity contribution in [3.8, 4) is 0 Å². The van der Waals surface area contributed by atoms with Crippen molar-refractivity contribution >= 4 is 17.9 Å². The number of aryl methyl sites for hydroxylation is 2. The number of hydrogen-bond acceptors (Lipinski definition) is 5. The number of rotatable bonds is 7. The number of ether oxygens (including phenoxy) is 1. The van der Waals surface area contributed by atoms with Crippen LogP contribution in [-0.2, 0) is 14.3 Å². The largest absolute Gasteiger partial charge is 0.444 e. The summed E-state index contributed by atoms with van der Waals surface area (Å²) in [7, 11) is 0. The zero-order chi connectivity index (χ0) is 25.8. The van der Waals surface area contributed by atoms with Crippen LogP contribution in [0.3, 0.4) is 0 Å². The molecule has 0 aliphatic heterocycles. The molecule has 2 rings (SSSR count). The molecule has 3 amide bonds. The van der Waals surface area contributed by atoms with Gasteiger partial charge in [0.15, 0.2) is 0 Å². The molecule has 1 fully saturated rings. The Hall–Kier alpha value is -2.61. The molecule has 190 valence electrons. The van der Waals surface area contributed by atoms with Crippen molar-refractivity contribution in [1.82, 2.24) is 15.5 Å². The second-order valence-electron chi connectivity index (χ2n) is 11.2. The molecule has 34 heavy (non-hydrogen) atoms. The van der Waals surface area contributed by atoms with E-state index in [4.69, 9.17) is 4.74 Å². The maximum Gasteiger partial charge on any atom is 0.408 e. The highest BCUT2D eigenvalue weighted by Crippen LogP contribution is 2.35. The second kappa shape index (κ2) is 10.8. The summed E-state index contributed by atoms with van der Waals surface area (Å²) in [5.74, 6) is -0.805. The van der Waals surface area contributed by atoms with Crippen LogP contribution in [0.5, 0.6) is 0 Å². The van der Waals surface area contributed by atoms with Gasteiger partial charge in [-0.25, -0.2) is 4.79 Å². The Bertz CT molecular complexity index is 897. The third-order valence-corrected chi connectivity index (χ3v) is 5.64. The molecule has 3 N–H and O–H groups in total. The second-order valence-corrected chi connectivity index (χ2v) is 11.2. The number of nitrogens with one attached hydrogen (secondary N) is 2. The minimum absolute atomic E-state index is 0.168. The average molecular weight is 476 g/mol. The van der Waals surface area contributed by atoms with Crippen LogP contribution in [0, 0.1) is 13.8 Å². The van der Waals surface area contributed by atoms with Crippen LogP contribution >= 0.6 is 0 Å². The van der Waals surface area contributed by atoms with Gasteiger partial charge in [0.05, 0.1) is 6.61 Å². The Labute approximate surface area is 203 Å². The van der Waals surface area contributed by atoms with Crippen molar-refractivity contribution in [3.05, 3.63) is 34.9 Å². The van der Waals surface area contributed by atoms with Crippen LogP contribution in [0.25, 0.3) is 0 Å². The summed E-state index contributed by atoms with van der Waals surface area (Å²) < 4.78 is 5.28. The fourth-order valence-electron chi connectivity index (χ4n) is 3.99. The van der Waals surface area contributed by atoms with Gasteiger partial charge >= 0.3 is 6.09 Å². The zero-order valence-electron chi connectivity index (χ0n) is 21.8. The van der Waals surface area contributed by atoms with E-state index in [-0.39, 0.29) is 11.9 Å². The molecule has 0 saturated heterocycles. The number of carbonyl (C=O) groups is 3. The molecule has 8 heteroatoms. The van der Waals surface area contributed by atoms with E-state index in [2.05, 4.69) is 10.6 Å². The molecule has 0 aromatic heterocycles. The summed E-state index contributed by atoms with van der Waals surface area (Å²) in [6.45, 7) is 14.1. The average Bonchev–Trinajstić information content (AvgIpc) is 2.62. The molecule has 1 aliphatic rings. The Balaban J connectivity index is 2.49. The van der Waals surface area contributed by atoms with Crippen LogP contribution in [0.15, 0.2) is 18.2 Å². The van der Waals surface area contributed by atoms with Gasteiger partial charge in [-0.2, -0.15) is 0 Å². The van der Waals surface area contributed by atoms with Crippen molar-refractivity contribution in [3.63, 3.8) is 0 Å². The predicted octanol–water partition coefficient (Wildman–Crippen LogP) is 3.53. The highest BCUT2D eigenvalue weighted by atomic mass is 16.6. The predicted molar refractivity (Wildman–Crippen MR) is 131 cm³/mol. The van der Waals surface area contributed by atoms with Crippen molar-refractivity contribution in [2.24, 2.45) is 0 Å². The summed E-state index contributed by atoms with van der Waals surface area (Å²) >= 11 is 0. The number of benzene rings is 1. The Morgan fingerprint density at radius 2 is 1.74 bits per heavy atom. The van der Waals surface area contributed by atoms with E-state index in [1.165, 1.54) is 0 Å². The van der Waals surface area contributed by atoms with E-state index in [0.29, 0.717) is 0 Å². The third kappa shape index (κ3) is 7.45. The first-order valence-corrected chi connectivity index (χ1v) is 11.9. The van der Waals surface area contributed by atoms with Crippen LogP contribution in [-0.4, -0.2) is 57.7 Å². The number of hydrogen-bond donors (Lipinski definition) is 3. The van der Waals surface area contributed by atoms with Crippen LogP contribution in [0.1, 0.15) is 83.5 Å². The molecular weight excluding hydrogens is 434 g/mol. The number of carbonyl (C=O) groups excluding carboxylic acids is 3. The first-order valence-electron chi connectivity index (χ1n) is 11.9. The standard InChI is InChI=1S/C26H41N3O5/c1-16-12-13-19(17(2)14-16)21(22(31)28-25(3,4)5)29(18-10-9-11-18)23(32)20(15-30)27-24(33)34-26(6,7)8/h12-14,18,20-21,30H,9-11,15H2,1-8H3,(H,27,33)(H,28,31). The molecule has 8 nitrogen and oxygen atoms in total. The van der Waals surface area contributed by atoms with Crippen molar-refractivity contribution < 1.29 is 24.2 Å². The monoisotopic (exact) mass is 475 g/mol. The van der Waals surface area contributed by atoms with Gasteiger partial charge in [-0.05, 0) is 85.8 Å². The minimum atomic E-state index is -1.23. The van der Waals surface area contributed by atoms with Crippen LogP contribution in [0.2, 0.25) is 0 Å². The molecule has 1 aromatic carbocycles. The lowest BCUT2D eigenvalue weighted by molar-refractivity contribution is -0.148. The Morgan fingerprint density at radius 3 is 2.18 bits per heavy atom. The van der Waals surface area contributed by atoms with Gasteiger partial charge in [0.2, 0.25) is 11.8 Å². The van der Waals surface area contributed by atoms with Gasteiger partial charge in [-0.1, -0.05) is 23.8 Å². The summed E-state index contributed by atoms with van der Waals surface area (Å²) in [5, 5.41) is 15.5. The Morgan fingerprint density at radius 1 is 1.12 bits per heavy atom. The molecule has 0 spiro atoms. The van der Waals surface area contributed by atoms with Gasteiger partial charge in [-0.15, -0.1) is 0 Å². The number of amides is 3. The Kier molecular flexibility index (Phi) is 8.75. The fourth-order valence-corrected chi connectivity index (χ4v) is 3.99. The van der Waals surface area contributed by atoms with Gasteiger partial charge < -0.3 is 25.4 Å². The normalized spacial score (nSPS) is 16.1. The number of aliphatic hydroxyl groups is 1. The first kappa shape index (κ1) is 27.6. The molecule has 0 heterocycles. The summed E-state index contributed by atoms with van der Waals surface area (Å²) in [6.07, 6.45) is 1.65. The van der Waals surface area contributed by atoms with Crippen LogP contribution in [0.4, 0.5) is 4.79 Å². The van der Waals surface area contributed by atoms with Crippen LogP contribution < -0.4 is 10.6 Å². The van der Waals surface area contributed by atoms with E-state index >= 15 is 0 Å². The molecule has 1 aromatic rings. The zero-order valence-corrected chi connectivity index (χ0v) is 21.8. The molecule has 1 saturated carbocycles. The fraction of sp³-hybridized carbons (Fsp3) is 0.654. The molecule has 1 aliphatic carbocycles. The van der Waals surface area contributed by atoms with Crippen molar-refractivity contribution in [1.29, 1.82) is 0 Å². The quantitative estimate of drug-likeness (QED) is 0.559. The smallest absolute Gasteiger partial charge is 0.408 e. The van der Waals surface area contributed by atoms with E-state index in [0.717, 1.165) is 36.0 Å².